The molecule has 8 heteroatoms. The van der Waals surface area contributed by atoms with E-state index in [1.54, 1.807) is 7.05 Å². The van der Waals surface area contributed by atoms with Gasteiger partial charge < -0.3 is 15.0 Å². The first-order valence-corrected chi connectivity index (χ1v) is 9.15. The molecule has 1 aliphatic rings. The Balaban J connectivity index is 0.00000400. The molecule has 1 fully saturated rings. The van der Waals surface area contributed by atoms with E-state index in [0.717, 1.165) is 25.0 Å². The summed E-state index contributed by atoms with van der Waals surface area (Å²) >= 11 is 0. The van der Waals surface area contributed by atoms with Crippen molar-refractivity contribution in [3.8, 4) is 0 Å². The van der Waals surface area contributed by atoms with Crippen molar-refractivity contribution in [2.75, 3.05) is 52.4 Å². The SMILES string of the molecule is CN=C(NCCCS(C)(=O)=O)N(C)CCOCC1CC1.I. The van der Waals surface area contributed by atoms with E-state index < -0.39 is 9.84 Å². The smallest absolute Gasteiger partial charge is 0.193 e. The van der Waals surface area contributed by atoms with Crippen LogP contribution in [-0.4, -0.2) is 71.7 Å². The summed E-state index contributed by atoms with van der Waals surface area (Å²) in [7, 11) is 0.791. The lowest BCUT2D eigenvalue weighted by Gasteiger charge is -2.22. The lowest BCUT2D eigenvalue weighted by molar-refractivity contribution is 0.115. The van der Waals surface area contributed by atoms with Crippen molar-refractivity contribution in [1.29, 1.82) is 0 Å². The van der Waals surface area contributed by atoms with Crippen LogP contribution in [0.15, 0.2) is 4.99 Å². The number of likely N-dealkylation sites (N-methyl/N-ethyl adjacent to an activating group) is 1. The molecule has 0 atom stereocenters. The van der Waals surface area contributed by atoms with Gasteiger partial charge in [-0.15, -0.1) is 24.0 Å². The minimum atomic E-state index is -2.88. The van der Waals surface area contributed by atoms with Crippen molar-refractivity contribution in [2.45, 2.75) is 19.3 Å². The van der Waals surface area contributed by atoms with Crippen LogP contribution in [0.3, 0.4) is 0 Å². The maximum atomic E-state index is 11.0. The number of ether oxygens (including phenoxy) is 1. The molecule has 0 saturated heterocycles. The van der Waals surface area contributed by atoms with Gasteiger partial charge in [-0.25, -0.2) is 8.42 Å². The second-order valence-electron chi connectivity index (χ2n) is 5.40. The third-order valence-electron chi connectivity index (χ3n) is 3.17. The molecular weight excluding hydrogens is 405 g/mol. The van der Waals surface area contributed by atoms with Crippen molar-refractivity contribution in [3.63, 3.8) is 0 Å². The molecule has 0 unspecified atom stereocenters. The van der Waals surface area contributed by atoms with Gasteiger partial charge in [0.05, 0.1) is 12.4 Å². The van der Waals surface area contributed by atoms with Gasteiger partial charge in [-0.1, -0.05) is 0 Å². The minimum Gasteiger partial charge on any atom is -0.379 e. The highest BCUT2D eigenvalue weighted by atomic mass is 127. The number of hydrogen-bond donors (Lipinski definition) is 1. The summed E-state index contributed by atoms with van der Waals surface area (Å²) in [4.78, 5) is 6.17. The molecule has 126 valence electrons. The standard InChI is InChI=1S/C13H27N3O3S.HI/c1-14-13(15-7-4-10-20(3,17)18)16(2)8-9-19-11-12-5-6-12;/h12H,4-11H2,1-3H3,(H,14,15);1H. The van der Waals surface area contributed by atoms with Crippen LogP contribution in [0.5, 0.6) is 0 Å². The Morgan fingerprint density at radius 2 is 2.10 bits per heavy atom. The number of halogens is 1. The van der Waals surface area contributed by atoms with Gasteiger partial charge in [-0.05, 0) is 25.2 Å². The number of guanidine groups is 1. The molecule has 0 aliphatic heterocycles. The molecule has 1 saturated carbocycles. The highest BCUT2D eigenvalue weighted by molar-refractivity contribution is 14.0. The molecule has 6 nitrogen and oxygen atoms in total. The average Bonchev–Trinajstić information content (AvgIpc) is 3.17. The summed E-state index contributed by atoms with van der Waals surface area (Å²) in [5, 5.41) is 3.16. The normalized spacial score (nSPS) is 15.5. The maximum Gasteiger partial charge on any atom is 0.193 e. The lowest BCUT2D eigenvalue weighted by Crippen LogP contribution is -2.41. The van der Waals surface area contributed by atoms with Gasteiger partial charge in [0.2, 0.25) is 0 Å². The second-order valence-corrected chi connectivity index (χ2v) is 7.66. The first-order valence-electron chi connectivity index (χ1n) is 7.09. The molecule has 0 heterocycles. The molecule has 21 heavy (non-hydrogen) atoms. The van der Waals surface area contributed by atoms with E-state index in [1.807, 2.05) is 11.9 Å². The molecule has 0 radical (unpaired) electrons. The Morgan fingerprint density at radius 1 is 1.43 bits per heavy atom. The molecule has 0 amide bonds. The van der Waals surface area contributed by atoms with Crippen molar-refractivity contribution in [2.24, 2.45) is 10.9 Å². The van der Waals surface area contributed by atoms with Gasteiger partial charge in [0, 0.05) is 40.0 Å². The fourth-order valence-corrected chi connectivity index (χ4v) is 2.43. The van der Waals surface area contributed by atoms with E-state index in [9.17, 15) is 8.42 Å². The van der Waals surface area contributed by atoms with Gasteiger partial charge in [0.15, 0.2) is 5.96 Å². The van der Waals surface area contributed by atoms with E-state index in [4.69, 9.17) is 4.74 Å². The molecule has 0 aromatic rings. The Kier molecular flexibility index (Phi) is 10.6. The Bertz CT molecular complexity index is 411. The predicted molar refractivity (Wildman–Crippen MR) is 97.3 cm³/mol. The number of hydrogen-bond acceptors (Lipinski definition) is 4. The van der Waals surface area contributed by atoms with Crippen molar-refractivity contribution in [1.82, 2.24) is 10.2 Å². The summed E-state index contributed by atoms with van der Waals surface area (Å²) in [6, 6.07) is 0. The number of sulfone groups is 1. The monoisotopic (exact) mass is 433 g/mol. The Labute approximate surface area is 145 Å². The predicted octanol–water partition coefficient (Wildman–Crippen LogP) is 0.973. The quantitative estimate of drug-likeness (QED) is 0.254. The summed E-state index contributed by atoms with van der Waals surface area (Å²) in [5.41, 5.74) is 0. The molecule has 1 N–H and O–H groups in total. The highest BCUT2D eigenvalue weighted by Gasteiger charge is 2.21. The average molecular weight is 433 g/mol. The summed E-state index contributed by atoms with van der Waals surface area (Å²) in [5.74, 6) is 1.76. The lowest BCUT2D eigenvalue weighted by atomic mass is 10.4. The molecule has 1 rings (SSSR count). The van der Waals surface area contributed by atoms with Crippen LogP contribution in [0.1, 0.15) is 19.3 Å². The van der Waals surface area contributed by atoms with E-state index >= 15 is 0 Å². The number of nitrogens with one attached hydrogen (secondary N) is 1. The van der Waals surface area contributed by atoms with E-state index in [1.165, 1.54) is 19.1 Å². The topological polar surface area (TPSA) is 71.0 Å². The largest absolute Gasteiger partial charge is 0.379 e. The first-order chi connectivity index (χ1) is 9.42. The van der Waals surface area contributed by atoms with Gasteiger partial charge >= 0.3 is 0 Å². The molecule has 0 bridgehead atoms. The molecule has 0 spiro atoms. The van der Waals surface area contributed by atoms with Crippen molar-refractivity contribution < 1.29 is 13.2 Å². The van der Waals surface area contributed by atoms with Crippen LogP contribution in [-0.2, 0) is 14.6 Å². The Hall–Kier alpha value is -0.0900. The summed E-state index contributed by atoms with van der Waals surface area (Å²) in [6.45, 7) is 2.94. The summed E-state index contributed by atoms with van der Waals surface area (Å²) in [6.07, 6.45) is 4.45. The molecular formula is C13H28IN3O3S. The van der Waals surface area contributed by atoms with Crippen LogP contribution < -0.4 is 5.32 Å². The minimum absolute atomic E-state index is 0. The van der Waals surface area contributed by atoms with Gasteiger partial charge in [-0.3, -0.25) is 4.99 Å². The van der Waals surface area contributed by atoms with E-state index in [2.05, 4.69) is 10.3 Å². The van der Waals surface area contributed by atoms with Crippen LogP contribution in [0, 0.1) is 5.92 Å². The Morgan fingerprint density at radius 3 is 2.62 bits per heavy atom. The van der Waals surface area contributed by atoms with Gasteiger partial charge in [0.25, 0.3) is 0 Å². The van der Waals surface area contributed by atoms with Crippen LogP contribution in [0.2, 0.25) is 0 Å². The summed E-state index contributed by atoms with van der Waals surface area (Å²) < 4.78 is 27.6. The zero-order chi connectivity index (χ0) is 15.0. The molecule has 1 aliphatic carbocycles. The zero-order valence-corrected chi connectivity index (χ0v) is 16.3. The fourth-order valence-electron chi connectivity index (χ4n) is 1.76. The van der Waals surface area contributed by atoms with Crippen LogP contribution in [0.25, 0.3) is 0 Å². The maximum absolute atomic E-state index is 11.0. The van der Waals surface area contributed by atoms with E-state index in [0.29, 0.717) is 19.6 Å². The van der Waals surface area contributed by atoms with Crippen molar-refractivity contribution >= 4 is 39.8 Å². The fraction of sp³-hybridized carbons (Fsp3) is 0.923. The van der Waals surface area contributed by atoms with Gasteiger partial charge in [-0.2, -0.15) is 0 Å². The van der Waals surface area contributed by atoms with Crippen LogP contribution >= 0.6 is 24.0 Å². The molecule has 0 aromatic heterocycles. The first kappa shape index (κ1) is 20.9. The molecule has 0 aromatic carbocycles. The second kappa shape index (κ2) is 10.6. The third kappa shape index (κ3) is 11.2. The van der Waals surface area contributed by atoms with E-state index in [-0.39, 0.29) is 29.7 Å². The number of nitrogens with zero attached hydrogens (tertiary/aromatic N) is 2. The number of rotatable bonds is 9. The number of aliphatic imine (C=N–C) groups is 1. The highest BCUT2D eigenvalue weighted by Crippen LogP contribution is 2.28. The van der Waals surface area contributed by atoms with Crippen LogP contribution in [0.4, 0.5) is 0 Å². The zero-order valence-electron chi connectivity index (χ0n) is 13.2. The van der Waals surface area contributed by atoms with Gasteiger partial charge in [0.1, 0.15) is 9.84 Å². The van der Waals surface area contributed by atoms with Crippen molar-refractivity contribution in [3.05, 3.63) is 0 Å². The third-order valence-corrected chi connectivity index (χ3v) is 4.20.